The minimum absolute atomic E-state index is 0.120. The Morgan fingerprint density at radius 3 is 2.80 bits per heavy atom. The monoisotopic (exact) mass is 405 g/mol. The topological polar surface area (TPSA) is 73.9 Å². The zero-order valence-corrected chi connectivity index (χ0v) is 18.1. The number of aromatic amines is 1. The van der Waals surface area contributed by atoms with Gasteiger partial charge in [0, 0.05) is 36.8 Å². The van der Waals surface area contributed by atoms with E-state index in [0.717, 1.165) is 17.3 Å². The van der Waals surface area contributed by atoms with E-state index in [9.17, 15) is 4.79 Å². The maximum Gasteiger partial charge on any atom is 0.220 e. The van der Waals surface area contributed by atoms with Crippen LogP contribution in [0.1, 0.15) is 43.2 Å². The highest BCUT2D eigenvalue weighted by Crippen LogP contribution is 2.56. The van der Waals surface area contributed by atoms with Gasteiger partial charge in [-0.25, -0.2) is 0 Å². The van der Waals surface area contributed by atoms with Crippen LogP contribution in [0.2, 0.25) is 0 Å². The first-order chi connectivity index (χ1) is 14.4. The predicted octanol–water partition coefficient (Wildman–Crippen LogP) is 3.52. The molecule has 0 spiro atoms. The van der Waals surface area contributed by atoms with Gasteiger partial charge in [-0.15, -0.1) is 0 Å². The molecule has 0 aliphatic heterocycles. The van der Waals surface area contributed by atoms with E-state index in [1.807, 2.05) is 18.5 Å². The molecule has 1 aliphatic rings. The lowest BCUT2D eigenvalue weighted by Gasteiger charge is -2.27. The summed E-state index contributed by atoms with van der Waals surface area (Å²) in [6.45, 7) is 2.91. The third-order valence-electron chi connectivity index (χ3n) is 6.60. The molecule has 4 rings (SSSR count). The van der Waals surface area contributed by atoms with Crippen LogP contribution in [-0.4, -0.2) is 52.7 Å². The molecule has 30 heavy (non-hydrogen) atoms. The van der Waals surface area contributed by atoms with Gasteiger partial charge >= 0.3 is 0 Å². The molecule has 2 N–H and O–H groups in total. The molecule has 1 aromatic carbocycles. The summed E-state index contributed by atoms with van der Waals surface area (Å²) in [5.41, 5.74) is 3.69. The highest BCUT2D eigenvalue weighted by Gasteiger charge is 2.46. The molecule has 0 radical (unpaired) electrons. The van der Waals surface area contributed by atoms with Crippen molar-refractivity contribution in [2.45, 2.75) is 44.6 Å². The van der Waals surface area contributed by atoms with Gasteiger partial charge in [-0.05, 0) is 74.0 Å². The number of likely N-dealkylation sites (N-methyl/N-ethyl adjacent to an activating group) is 1. The lowest BCUT2D eigenvalue weighted by molar-refractivity contribution is -0.122. The van der Waals surface area contributed by atoms with E-state index in [2.05, 4.69) is 70.7 Å². The number of fused-ring (bicyclic) bond motifs is 1. The number of amides is 1. The molecule has 3 aromatic rings. The van der Waals surface area contributed by atoms with Crippen molar-refractivity contribution in [1.29, 1.82) is 0 Å². The van der Waals surface area contributed by atoms with Crippen LogP contribution in [0.25, 0.3) is 10.9 Å². The molecule has 2 atom stereocenters. The lowest BCUT2D eigenvalue weighted by Crippen LogP contribution is -2.42. The quantitative estimate of drug-likeness (QED) is 0.571. The minimum atomic E-state index is 0.120. The van der Waals surface area contributed by atoms with Crippen LogP contribution >= 0.6 is 0 Å². The molecule has 0 unspecified atom stereocenters. The first kappa shape index (κ1) is 20.5. The van der Waals surface area contributed by atoms with Crippen LogP contribution in [0.3, 0.4) is 0 Å². The molecule has 1 fully saturated rings. The second-order valence-corrected chi connectivity index (χ2v) is 9.11. The SMILES string of the molecule is CN(C)[C@H](CNC(=O)C[C@H](c1cccnc1)C1(C)CC1)Cc1ccc2[nH]ncc2c1. The molecule has 1 amide bonds. The normalized spacial score (nSPS) is 17.1. The van der Waals surface area contributed by atoms with Crippen molar-refractivity contribution < 1.29 is 4.79 Å². The van der Waals surface area contributed by atoms with Crippen molar-refractivity contribution in [2.24, 2.45) is 5.41 Å². The average molecular weight is 406 g/mol. The van der Waals surface area contributed by atoms with Gasteiger partial charge in [0.1, 0.15) is 0 Å². The van der Waals surface area contributed by atoms with Crippen molar-refractivity contribution in [3.05, 3.63) is 60.0 Å². The fraction of sp³-hybridized carbons (Fsp3) is 0.458. The van der Waals surface area contributed by atoms with E-state index in [1.165, 1.54) is 24.0 Å². The Kier molecular flexibility index (Phi) is 5.86. The third-order valence-corrected chi connectivity index (χ3v) is 6.60. The Bertz CT molecular complexity index is 993. The van der Waals surface area contributed by atoms with E-state index in [-0.39, 0.29) is 23.3 Å². The number of benzene rings is 1. The molecule has 1 saturated carbocycles. The Balaban J connectivity index is 1.37. The number of nitrogens with one attached hydrogen (secondary N) is 2. The summed E-state index contributed by atoms with van der Waals surface area (Å²) in [6, 6.07) is 10.7. The van der Waals surface area contributed by atoms with Gasteiger partial charge in [0.25, 0.3) is 0 Å². The Morgan fingerprint density at radius 2 is 2.10 bits per heavy atom. The average Bonchev–Trinajstić information content (AvgIpc) is 3.31. The molecule has 0 bridgehead atoms. The van der Waals surface area contributed by atoms with Crippen LogP contribution in [0.15, 0.2) is 48.9 Å². The Labute approximate surface area is 178 Å². The van der Waals surface area contributed by atoms with Crippen molar-refractivity contribution >= 4 is 16.8 Å². The van der Waals surface area contributed by atoms with Crippen LogP contribution < -0.4 is 5.32 Å². The van der Waals surface area contributed by atoms with E-state index in [0.29, 0.717) is 13.0 Å². The highest BCUT2D eigenvalue weighted by molar-refractivity contribution is 5.78. The van der Waals surface area contributed by atoms with Crippen molar-refractivity contribution in [3.63, 3.8) is 0 Å². The fourth-order valence-electron chi connectivity index (χ4n) is 4.21. The predicted molar refractivity (Wildman–Crippen MR) is 119 cm³/mol. The summed E-state index contributed by atoms with van der Waals surface area (Å²) < 4.78 is 0. The molecule has 2 heterocycles. The maximum atomic E-state index is 12.9. The molecular weight excluding hydrogens is 374 g/mol. The van der Waals surface area contributed by atoms with Crippen LogP contribution in [0.5, 0.6) is 0 Å². The van der Waals surface area contributed by atoms with Gasteiger partial charge in [-0.2, -0.15) is 5.10 Å². The van der Waals surface area contributed by atoms with Crippen LogP contribution in [0.4, 0.5) is 0 Å². The third kappa shape index (κ3) is 4.70. The molecule has 1 aliphatic carbocycles. The van der Waals surface area contributed by atoms with Gasteiger partial charge in [0.05, 0.1) is 11.7 Å². The Hall–Kier alpha value is -2.73. The molecule has 2 aromatic heterocycles. The maximum absolute atomic E-state index is 12.9. The zero-order valence-electron chi connectivity index (χ0n) is 18.1. The molecular formula is C24H31N5O. The summed E-state index contributed by atoms with van der Waals surface area (Å²) in [5, 5.41) is 11.4. The number of nitrogens with zero attached hydrogens (tertiary/aromatic N) is 3. The molecule has 6 nitrogen and oxygen atoms in total. The first-order valence-electron chi connectivity index (χ1n) is 10.7. The van der Waals surface area contributed by atoms with Crippen molar-refractivity contribution in [3.8, 4) is 0 Å². The molecule has 6 heteroatoms. The van der Waals surface area contributed by atoms with E-state index >= 15 is 0 Å². The fourth-order valence-corrected chi connectivity index (χ4v) is 4.21. The van der Waals surface area contributed by atoms with E-state index in [4.69, 9.17) is 0 Å². The van der Waals surface area contributed by atoms with Gasteiger partial charge in [0.2, 0.25) is 5.91 Å². The number of carbonyl (C=O) groups is 1. The zero-order chi connectivity index (χ0) is 21.1. The summed E-state index contributed by atoms with van der Waals surface area (Å²) in [5.74, 6) is 0.349. The Morgan fingerprint density at radius 1 is 1.27 bits per heavy atom. The summed E-state index contributed by atoms with van der Waals surface area (Å²) in [6.07, 6.45) is 9.30. The van der Waals surface area contributed by atoms with Crippen LogP contribution in [0, 0.1) is 5.41 Å². The standard InChI is InChI=1S/C24H31N5O/c1-24(8-9-24)21(18-5-4-10-25-14-18)13-23(30)26-16-20(29(2)3)12-17-6-7-22-19(11-17)15-27-28-22/h4-7,10-11,14-15,20-21H,8-9,12-13,16H2,1-3H3,(H,26,30)(H,27,28)/t20-,21+/m0/s1. The van der Waals surface area contributed by atoms with Gasteiger partial charge in [-0.1, -0.05) is 19.1 Å². The summed E-state index contributed by atoms with van der Waals surface area (Å²) in [4.78, 5) is 19.3. The summed E-state index contributed by atoms with van der Waals surface area (Å²) in [7, 11) is 4.13. The second kappa shape index (κ2) is 8.56. The molecule has 0 saturated heterocycles. The van der Waals surface area contributed by atoms with Gasteiger partial charge in [0.15, 0.2) is 0 Å². The number of pyridine rings is 1. The second-order valence-electron chi connectivity index (χ2n) is 9.11. The van der Waals surface area contributed by atoms with Gasteiger partial charge in [-0.3, -0.25) is 14.9 Å². The van der Waals surface area contributed by atoms with Crippen molar-refractivity contribution in [1.82, 2.24) is 25.4 Å². The van der Waals surface area contributed by atoms with Crippen molar-refractivity contribution in [2.75, 3.05) is 20.6 Å². The smallest absolute Gasteiger partial charge is 0.220 e. The van der Waals surface area contributed by atoms with Crippen LogP contribution in [-0.2, 0) is 11.2 Å². The highest BCUT2D eigenvalue weighted by atomic mass is 16.1. The largest absolute Gasteiger partial charge is 0.355 e. The number of hydrogen-bond donors (Lipinski definition) is 2. The molecule has 158 valence electrons. The first-order valence-corrected chi connectivity index (χ1v) is 10.7. The summed E-state index contributed by atoms with van der Waals surface area (Å²) >= 11 is 0. The van der Waals surface area contributed by atoms with E-state index in [1.54, 1.807) is 6.20 Å². The number of H-pyrrole nitrogens is 1. The number of aromatic nitrogens is 3. The minimum Gasteiger partial charge on any atom is -0.355 e. The number of rotatable bonds is 9. The van der Waals surface area contributed by atoms with E-state index < -0.39 is 0 Å². The number of carbonyl (C=O) groups excluding carboxylic acids is 1. The number of hydrogen-bond acceptors (Lipinski definition) is 4. The lowest BCUT2D eigenvalue weighted by atomic mass is 9.82. The van der Waals surface area contributed by atoms with Gasteiger partial charge < -0.3 is 10.2 Å².